The van der Waals surface area contributed by atoms with E-state index in [2.05, 4.69) is 0 Å². The molecule has 4 aliphatic rings. The summed E-state index contributed by atoms with van der Waals surface area (Å²) in [6, 6.07) is 0. The van der Waals surface area contributed by atoms with E-state index in [0.29, 0.717) is 44.1 Å². The van der Waals surface area contributed by atoms with E-state index in [9.17, 15) is 35.4 Å². The van der Waals surface area contributed by atoms with Crippen molar-refractivity contribution < 1.29 is 35.4 Å². The maximum Gasteiger partial charge on any atom is 0.159 e. The second-order valence-electron chi connectivity index (χ2n) is 13.2. The normalized spacial score (nSPS) is 47.2. The number of fused-ring (bicyclic) bond motifs is 5. The van der Waals surface area contributed by atoms with Crippen LogP contribution in [0.3, 0.4) is 0 Å². The SMILES string of the molecule is CC(C)(O)CC[C@@H](O)[C@](C)(O)[C@H]1CC[C@@]2(O)C3=CC(=O)[C@H]4C[C@H](O)[C@H](O)C[C@]4(C)[C@H]3CC[C@]12C. The molecule has 0 saturated heterocycles. The highest BCUT2D eigenvalue weighted by Gasteiger charge is 2.69. The molecule has 3 saturated carbocycles. The maximum atomic E-state index is 13.2. The van der Waals surface area contributed by atoms with E-state index in [1.54, 1.807) is 26.8 Å². The lowest BCUT2D eigenvalue weighted by Gasteiger charge is -2.60. The highest BCUT2D eigenvalue weighted by Crippen LogP contribution is 2.68. The third-order valence-corrected chi connectivity index (χ3v) is 10.5. The van der Waals surface area contributed by atoms with Crippen LogP contribution in [0.2, 0.25) is 0 Å². The van der Waals surface area contributed by atoms with Gasteiger partial charge in [0.2, 0.25) is 0 Å². The monoisotopic (exact) mass is 480 g/mol. The Labute approximate surface area is 202 Å². The summed E-state index contributed by atoms with van der Waals surface area (Å²) in [7, 11) is 0. The molecule has 0 radical (unpaired) electrons. The smallest absolute Gasteiger partial charge is 0.159 e. The van der Waals surface area contributed by atoms with Gasteiger partial charge in [-0.25, -0.2) is 0 Å². The summed E-state index contributed by atoms with van der Waals surface area (Å²) in [4.78, 5) is 13.2. The first-order chi connectivity index (χ1) is 15.5. The molecular weight excluding hydrogens is 436 g/mol. The van der Waals surface area contributed by atoms with Crippen molar-refractivity contribution in [3.8, 4) is 0 Å². The third-order valence-electron chi connectivity index (χ3n) is 10.5. The standard InChI is InChI=1S/C27H44O7/c1-23(2,32)9-8-22(31)26(5,33)21-7-11-27(34)16-12-18(28)17-13-19(29)20(30)14-24(17,3)15(16)6-10-25(21,27)4/h12,15,17,19-22,29-34H,6-11,13-14H2,1-5H3/t15-,17+,19-,20+,21-,22+,24+,25+,26+,27+/m0/s1. The van der Waals surface area contributed by atoms with Gasteiger partial charge in [-0.2, -0.15) is 0 Å². The van der Waals surface area contributed by atoms with E-state index in [1.807, 2.05) is 13.8 Å². The number of hydrogen-bond acceptors (Lipinski definition) is 7. The van der Waals surface area contributed by atoms with Crippen LogP contribution in [0.1, 0.15) is 86.0 Å². The molecular formula is C27H44O7. The van der Waals surface area contributed by atoms with Crippen molar-refractivity contribution in [2.45, 2.75) is 121 Å². The molecule has 0 aliphatic heterocycles. The summed E-state index contributed by atoms with van der Waals surface area (Å²) >= 11 is 0. The number of carbonyl (C=O) groups is 1. The number of allylic oxidation sites excluding steroid dienone is 1. The molecule has 0 heterocycles. The quantitative estimate of drug-likeness (QED) is 0.353. The Hall–Kier alpha value is -0.830. The Morgan fingerprint density at radius 2 is 1.71 bits per heavy atom. The summed E-state index contributed by atoms with van der Waals surface area (Å²) in [6.45, 7) is 8.96. The fourth-order valence-electron chi connectivity index (χ4n) is 8.32. The zero-order chi connectivity index (χ0) is 25.5. The van der Waals surface area contributed by atoms with Crippen molar-refractivity contribution in [2.75, 3.05) is 0 Å². The van der Waals surface area contributed by atoms with E-state index < -0.39 is 45.9 Å². The summed E-state index contributed by atoms with van der Waals surface area (Å²) in [5.74, 6) is -0.948. The first-order valence-electron chi connectivity index (χ1n) is 12.9. The molecule has 0 unspecified atom stereocenters. The van der Waals surface area contributed by atoms with Crippen LogP contribution in [0.5, 0.6) is 0 Å². The Morgan fingerprint density at radius 1 is 1.06 bits per heavy atom. The molecule has 0 aromatic carbocycles. The fourth-order valence-corrected chi connectivity index (χ4v) is 8.32. The fraction of sp³-hybridized carbons (Fsp3) is 0.889. The molecule has 0 aromatic rings. The van der Waals surface area contributed by atoms with Crippen LogP contribution in [-0.2, 0) is 4.79 Å². The van der Waals surface area contributed by atoms with Gasteiger partial charge in [-0.05, 0) is 101 Å². The summed E-state index contributed by atoms with van der Waals surface area (Å²) in [5.41, 5.74) is -4.27. The predicted octanol–water partition coefficient (Wildman–Crippen LogP) is 1.85. The van der Waals surface area contributed by atoms with Gasteiger partial charge in [-0.1, -0.05) is 13.8 Å². The number of carbonyl (C=O) groups excluding carboxylic acids is 1. The van der Waals surface area contributed by atoms with Gasteiger partial charge in [0.1, 0.15) is 0 Å². The van der Waals surface area contributed by atoms with Crippen molar-refractivity contribution in [1.29, 1.82) is 0 Å². The zero-order valence-electron chi connectivity index (χ0n) is 21.3. The second-order valence-corrected chi connectivity index (χ2v) is 13.2. The molecule has 0 amide bonds. The second kappa shape index (κ2) is 8.09. The Morgan fingerprint density at radius 3 is 2.32 bits per heavy atom. The van der Waals surface area contributed by atoms with Crippen molar-refractivity contribution in [3.05, 3.63) is 11.6 Å². The van der Waals surface area contributed by atoms with Crippen LogP contribution in [0.15, 0.2) is 11.6 Å². The highest BCUT2D eigenvalue weighted by atomic mass is 16.3. The Kier molecular flexibility index (Phi) is 6.24. The minimum atomic E-state index is -1.46. The Bertz CT molecular complexity index is 860. The largest absolute Gasteiger partial charge is 0.390 e. The first kappa shape index (κ1) is 26.2. The first-order valence-corrected chi connectivity index (χ1v) is 12.9. The zero-order valence-corrected chi connectivity index (χ0v) is 21.3. The van der Waals surface area contributed by atoms with E-state index in [4.69, 9.17) is 0 Å². The highest BCUT2D eigenvalue weighted by molar-refractivity contribution is 5.95. The van der Waals surface area contributed by atoms with Gasteiger partial charge in [0.25, 0.3) is 0 Å². The lowest BCUT2D eigenvalue weighted by atomic mass is 9.45. The Balaban J connectivity index is 1.66. The number of aliphatic hydroxyl groups is 6. The molecule has 10 atom stereocenters. The molecule has 0 aromatic heterocycles. The van der Waals surface area contributed by atoms with Crippen LogP contribution in [0.25, 0.3) is 0 Å². The lowest BCUT2D eigenvalue weighted by molar-refractivity contribution is -0.177. The van der Waals surface area contributed by atoms with Crippen LogP contribution in [0, 0.1) is 28.6 Å². The lowest BCUT2D eigenvalue weighted by Crippen LogP contribution is -2.62. The number of aliphatic hydroxyl groups excluding tert-OH is 3. The maximum absolute atomic E-state index is 13.2. The van der Waals surface area contributed by atoms with E-state index in [0.717, 1.165) is 0 Å². The van der Waals surface area contributed by atoms with Crippen molar-refractivity contribution in [3.63, 3.8) is 0 Å². The summed E-state index contributed by atoms with van der Waals surface area (Å²) < 4.78 is 0. The van der Waals surface area contributed by atoms with Crippen LogP contribution < -0.4 is 0 Å². The topological polar surface area (TPSA) is 138 Å². The van der Waals surface area contributed by atoms with Crippen LogP contribution in [-0.4, -0.2) is 71.5 Å². The van der Waals surface area contributed by atoms with Gasteiger partial charge in [0.15, 0.2) is 5.78 Å². The molecule has 3 fully saturated rings. The molecule has 194 valence electrons. The van der Waals surface area contributed by atoms with Gasteiger partial charge < -0.3 is 30.6 Å². The average Bonchev–Trinajstić information content (AvgIpc) is 3.00. The molecule has 4 rings (SSSR count). The molecule has 0 bridgehead atoms. The van der Waals surface area contributed by atoms with Crippen LogP contribution >= 0.6 is 0 Å². The molecule has 7 heteroatoms. The molecule has 4 aliphatic carbocycles. The van der Waals surface area contributed by atoms with Gasteiger partial charge >= 0.3 is 0 Å². The van der Waals surface area contributed by atoms with Gasteiger partial charge in [0, 0.05) is 11.3 Å². The summed E-state index contributed by atoms with van der Waals surface area (Å²) in [6.07, 6.45) is 2.11. The van der Waals surface area contributed by atoms with Gasteiger partial charge in [-0.3, -0.25) is 4.79 Å². The number of ketones is 1. The third kappa shape index (κ3) is 3.73. The molecule has 6 N–H and O–H groups in total. The summed E-state index contributed by atoms with van der Waals surface area (Å²) in [5, 5.41) is 65.5. The van der Waals surface area contributed by atoms with Gasteiger partial charge in [0.05, 0.1) is 35.1 Å². The van der Waals surface area contributed by atoms with Crippen molar-refractivity contribution in [1.82, 2.24) is 0 Å². The molecule has 0 spiro atoms. The minimum Gasteiger partial charge on any atom is -0.390 e. The molecule has 7 nitrogen and oxygen atoms in total. The van der Waals surface area contributed by atoms with E-state index >= 15 is 0 Å². The van der Waals surface area contributed by atoms with E-state index in [-0.39, 0.29) is 36.4 Å². The number of hydrogen-bond donors (Lipinski definition) is 6. The number of rotatable bonds is 5. The van der Waals surface area contributed by atoms with Crippen LogP contribution in [0.4, 0.5) is 0 Å². The minimum absolute atomic E-state index is 0.0840. The predicted molar refractivity (Wildman–Crippen MR) is 127 cm³/mol. The molecule has 34 heavy (non-hydrogen) atoms. The van der Waals surface area contributed by atoms with Crippen molar-refractivity contribution >= 4 is 5.78 Å². The van der Waals surface area contributed by atoms with E-state index in [1.165, 1.54) is 0 Å². The van der Waals surface area contributed by atoms with Crippen molar-refractivity contribution in [2.24, 2.45) is 28.6 Å². The van der Waals surface area contributed by atoms with Gasteiger partial charge in [-0.15, -0.1) is 0 Å². The average molecular weight is 481 g/mol.